The number of thiazole rings is 1. The number of Topliss-reactive ketones (excluding diaryl/α,β-unsaturated/α-hetero) is 1. The first-order chi connectivity index (χ1) is 8.33. The van der Waals surface area contributed by atoms with Crippen LogP contribution in [0.1, 0.15) is 40.2 Å². The van der Waals surface area contributed by atoms with Crippen molar-refractivity contribution in [2.45, 2.75) is 32.2 Å². The Morgan fingerprint density at radius 3 is 3.00 bits per heavy atom. The van der Waals surface area contributed by atoms with E-state index >= 15 is 0 Å². The van der Waals surface area contributed by atoms with Gasteiger partial charge in [0.1, 0.15) is 5.01 Å². The van der Waals surface area contributed by atoms with Gasteiger partial charge in [0.25, 0.3) is 0 Å². The molecule has 0 saturated heterocycles. The summed E-state index contributed by atoms with van der Waals surface area (Å²) >= 11 is 1.65. The first-order valence-corrected chi connectivity index (χ1v) is 6.81. The van der Waals surface area contributed by atoms with Gasteiger partial charge in [0.15, 0.2) is 5.78 Å². The van der Waals surface area contributed by atoms with E-state index in [0.29, 0.717) is 12.2 Å². The van der Waals surface area contributed by atoms with Crippen molar-refractivity contribution >= 4 is 17.1 Å². The number of rotatable bonds is 2. The SMILES string of the molecule is O=C1CCCCc2cn(Cc3nccs3)cc21. The number of ketones is 1. The van der Waals surface area contributed by atoms with Crippen LogP contribution in [0.25, 0.3) is 0 Å². The lowest BCUT2D eigenvalue weighted by molar-refractivity contribution is 0.0982. The summed E-state index contributed by atoms with van der Waals surface area (Å²) in [5.41, 5.74) is 2.14. The van der Waals surface area contributed by atoms with E-state index in [2.05, 4.69) is 15.7 Å². The molecule has 0 fully saturated rings. The first-order valence-electron chi connectivity index (χ1n) is 5.93. The van der Waals surface area contributed by atoms with Gasteiger partial charge < -0.3 is 4.57 Å². The third kappa shape index (κ3) is 2.17. The summed E-state index contributed by atoms with van der Waals surface area (Å²) in [7, 11) is 0. The Morgan fingerprint density at radius 2 is 2.18 bits per heavy atom. The maximum absolute atomic E-state index is 11.9. The molecule has 2 aromatic rings. The molecule has 0 radical (unpaired) electrons. The van der Waals surface area contributed by atoms with Crippen LogP contribution in [0.2, 0.25) is 0 Å². The smallest absolute Gasteiger partial charge is 0.164 e. The van der Waals surface area contributed by atoms with E-state index in [1.54, 1.807) is 11.3 Å². The molecule has 17 heavy (non-hydrogen) atoms. The number of carbonyl (C=O) groups is 1. The number of hydrogen-bond acceptors (Lipinski definition) is 3. The normalized spacial score (nSPS) is 15.6. The largest absolute Gasteiger partial charge is 0.346 e. The predicted octanol–water partition coefficient (Wildman–Crippen LogP) is 2.90. The minimum absolute atomic E-state index is 0.301. The number of carbonyl (C=O) groups excluding carboxylic acids is 1. The molecular weight excluding hydrogens is 232 g/mol. The third-order valence-electron chi connectivity index (χ3n) is 3.16. The number of hydrogen-bond donors (Lipinski definition) is 0. The molecule has 3 nitrogen and oxygen atoms in total. The Labute approximate surface area is 104 Å². The first kappa shape index (κ1) is 10.7. The third-order valence-corrected chi connectivity index (χ3v) is 3.93. The molecule has 0 aliphatic heterocycles. The van der Waals surface area contributed by atoms with E-state index in [4.69, 9.17) is 0 Å². The molecule has 0 saturated carbocycles. The minimum Gasteiger partial charge on any atom is -0.346 e. The van der Waals surface area contributed by atoms with Crippen molar-refractivity contribution < 1.29 is 4.79 Å². The van der Waals surface area contributed by atoms with Crippen LogP contribution >= 0.6 is 11.3 Å². The van der Waals surface area contributed by atoms with E-state index in [1.807, 2.05) is 17.8 Å². The van der Waals surface area contributed by atoms with Gasteiger partial charge in [0.05, 0.1) is 6.54 Å². The van der Waals surface area contributed by atoms with E-state index < -0.39 is 0 Å². The van der Waals surface area contributed by atoms with E-state index in [1.165, 1.54) is 5.56 Å². The molecule has 0 N–H and O–H groups in total. The molecule has 2 aromatic heterocycles. The van der Waals surface area contributed by atoms with Gasteiger partial charge in [-0.15, -0.1) is 11.3 Å². The van der Waals surface area contributed by atoms with Gasteiger partial charge in [-0.05, 0) is 24.8 Å². The lowest BCUT2D eigenvalue weighted by Crippen LogP contribution is -1.98. The maximum atomic E-state index is 11.9. The summed E-state index contributed by atoms with van der Waals surface area (Å²) in [5, 5.41) is 3.07. The van der Waals surface area contributed by atoms with Crippen LogP contribution in [-0.4, -0.2) is 15.3 Å². The fraction of sp³-hybridized carbons (Fsp3) is 0.385. The Balaban J connectivity index is 1.88. The van der Waals surface area contributed by atoms with Gasteiger partial charge >= 0.3 is 0 Å². The van der Waals surface area contributed by atoms with Crippen LogP contribution < -0.4 is 0 Å². The Morgan fingerprint density at radius 1 is 1.29 bits per heavy atom. The molecule has 4 heteroatoms. The molecule has 0 amide bonds. The molecule has 0 aromatic carbocycles. The van der Waals surface area contributed by atoms with E-state index in [-0.39, 0.29) is 0 Å². The second-order valence-electron chi connectivity index (χ2n) is 4.43. The molecule has 0 spiro atoms. The summed E-state index contributed by atoms with van der Waals surface area (Å²) in [6.45, 7) is 0.776. The van der Waals surface area contributed by atoms with E-state index in [0.717, 1.165) is 36.4 Å². The highest BCUT2D eigenvalue weighted by molar-refractivity contribution is 7.09. The summed E-state index contributed by atoms with van der Waals surface area (Å²) < 4.78 is 2.09. The van der Waals surface area contributed by atoms with Crippen LogP contribution in [0.5, 0.6) is 0 Å². The van der Waals surface area contributed by atoms with Crippen LogP contribution in [0.15, 0.2) is 24.0 Å². The predicted molar refractivity (Wildman–Crippen MR) is 67.5 cm³/mol. The van der Waals surface area contributed by atoms with Crippen molar-refractivity contribution in [1.29, 1.82) is 0 Å². The van der Waals surface area contributed by atoms with Crippen LogP contribution in [0.4, 0.5) is 0 Å². The highest BCUT2D eigenvalue weighted by atomic mass is 32.1. The van der Waals surface area contributed by atoms with Gasteiger partial charge in [-0.1, -0.05) is 0 Å². The zero-order valence-corrected chi connectivity index (χ0v) is 10.4. The maximum Gasteiger partial charge on any atom is 0.164 e. The summed E-state index contributed by atoms with van der Waals surface area (Å²) in [5.74, 6) is 0.301. The van der Waals surface area contributed by atoms with Crippen molar-refractivity contribution in [2.24, 2.45) is 0 Å². The molecule has 1 aliphatic carbocycles. The monoisotopic (exact) mass is 246 g/mol. The number of aryl methyl sites for hydroxylation is 1. The molecule has 0 atom stereocenters. The highest BCUT2D eigenvalue weighted by Gasteiger charge is 2.17. The highest BCUT2D eigenvalue weighted by Crippen LogP contribution is 2.22. The number of fused-ring (bicyclic) bond motifs is 1. The second-order valence-corrected chi connectivity index (χ2v) is 5.40. The van der Waals surface area contributed by atoms with Crippen molar-refractivity contribution in [2.75, 3.05) is 0 Å². The van der Waals surface area contributed by atoms with Crippen molar-refractivity contribution in [3.8, 4) is 0 Å². The van der Waals surface area contributed by atoms with Gasteiger partial charge in [0, 0.05) is 36.0 Å². The number of nitrogens with zero attached hydrogens (tertiary/aromatic N) is 2. The van der Waals surface area contributed by atoms with Crippen LogP contribution in [0, 0.1) is 0 Å². The molecular formula is C13H14N2OS. The lowest BCUT2D eigenvalue weighted by atomic mass is 10.1. The van der Waals surface area contributed by atoms with Crippen molar-refractivity contribution in [1.82, 2.24) is 9.55 Å². The molecule has 0 unspecified atom stereocenters. The fourth-order valence-corrected chi connectivity index (χ4v) is 2.94. The van der Waals surface area contributed by atoms with E-state index in [9.17, 15) is 4.79 Å². The molecule has 2 heterocycles. The molecule has 88 valence electrons. The van der Waals surface area contributed by atoms with Gasteiger partial charge in [-0.2, -0.15) is 0 Å². The summed E-state index contributed by atoms with van der Waals surface area (Å²) in [6.07, 6.45) is 9.81. The number of aromatic nitrogens is 2. The summed E-state index contributed by atoms with van der Waals surface area (Å²) in [6, 6.07) is 0. The quantitative estimate of drug-likeness (QED) is 0.764. The zero-order chi connectivity index (χ0) is 11.7. The van der Waals surface area contributed by atoms with Crippen molar-refractivity contribution in [3.05, 3.63) is 40.1 Å². The van der Waals surface area contributed by atoms with Crippen LogP contribution in [0.3, 0.4) is 0 Å². The lowest BCUT2D eigenvalue weighted by Gasteiger charge is -1.98. The van der Waals surface area contributed by atoms with Crippen molar-refractivity contribution in [3.63, 3.8) is 0 Å². The average molecular weight is 246 g/mol. The molecule has 0 bridgehead atoms. The minimum atomic E-state index is 0.301. The Kier molecular flexibility index (Phi) is 2.81. The molecule has 3 rings (SSSR count). The van der Waals surface area contributed by atoms with Crippen LogP contribution in [-0.2, 0) is 13.0 Å². The molecule has 1 aliphatic rings. The second kappa shape index (κ2) is 4.45. The van der Waals surface area contributed by atoms with Gasteiger partial charge in [-0.25, -0.2) is 4.98 Å². The zero-order valence-electron chi connectivity index (χ0n) is 9.56. The van der Waals surface area contributed by atoms with Gasteiger partial charge in [0.2, 0.25) is 0 Å². The summed E-state index contributed by atoms with van der Waals surface area (Å²) in [4.78, 5) is 16.2. The van der Waals surface area contributed by atoms with Gasteiger partial charge in [-0.3, -0.25) is 4.79 Å². The Hall–Kier alpha value is -1.42. The topological polar surface area (TPSA) is 34.9 Å². The standard InChI is InChI=1S/C13H14N2OS/c16-12-4-2-1-3-10-7-15(8-11(10)12)9-13-14-5-6-17-13/h5-8H,1-4,9H2. The fourth-order valence-electron chi connectivity index (χ4n) is 2.32. The average Bonchev–Trinajstić information content (AvgIpc) is 2.92. The Bertz CT molecular complexity index is 528.